The van der Waals surface area contributed by atoms with Crippen LogP contribution < -0.4 is 10.0 Å². The van der Waals surface area contributed by atoms with Crippen molar-refractivity contribution in [3.63, 3.8) is 0 Å². The van der Waals surface area contributed by atoms with Crippen LogP contribution in [0.3, 0.4) is 0 Å². The molecule has 0 saturated heterocycles. The van der Waals surface area contributed by atoms with Gasteiger partial charge in [0.1, 0.15) is 0 Å². The van der Waals surface area contributed by atoms with Crippen LogP contribution in [-0.2, 0) is 10.0 Å². The minimum Gasteiger partial charge on any atom is -0.385 e. The van der Waals surface area contributed by atoms with Crippen LogP contribution in [0, 0.1) is 11.8 Å². The van der Waals surface area contributed by atoms with Crippen molar-refractivity contribution in [3.8, 4) is 0 Å². The van der Waals surface area contributed by atoms with Gasteiger partial charge in [-0.3, -0.25) is 0 Å². The van der Waals surface area contributed by atoms with Gasteiger partial charge in [0.15, 0.2) is 0 Å². The van der Waals surface area contributed by atoms with Crippen molar-refractivity contribution in [2.75, 3.05) is 11.9 Å². The van der Waals surface area contributed by atoms with Crippen molar-refractivity contribution in [1.82, 2.24) is 4.72 Å². The summed E-state index contributed by atoms with van der Waals surface area (Å²) in [7, 11) is -3.33. The molecule has 0 aromatic heterocycles. The predicted molar refractivity (Wildman–Crippen MR) is 84.8 cm³/mol. The average Bonchev–Trinajstić information content (AvgIpc) is 3.16. The van der Waals surface area contributed by atoms with Gasteiger partial charge in [0, 0.05) is 18.3 Å². The molecule has 2 atom stereocenters. The third-order valence-corrected chi connectivity index (χ3v) is 6.21. The Morgan fingerprint density at radius 1 is 1.10 bits per heavy atom. The first-order valence-electron chi connectivity index (χ1n) is 7.91. The van der Waals surface area contributed by atoms with Gasteiger partial charge in [-0.2, -0.15) is 0 Å². The topological polar surface area (TPSA) is 58.2 Å². The number of hydrogen-bond donors (Lipinski definition) is 2. The summed E-state index contributed by atoms with van der Waals surface area (Å²) in [6.45, 7) is 3.30. The van der Waals surface area contributed by atoms with Crippen LogP contribution in [0.25, 0.3) is 0 Å². The molecule has 116 valence electrons. The minimum atomic E-state index is -3.33. The van der Waals surface area contributed by atoms with Crippen molar-refractivity contribution in [3.05, 3.63) is 24.3 Å². The number of anilines is 1. The maximum Gasteiger partial charge on any atom is 0.240 e. The molecule has 4 nitrogen and oxygen atoms in total. The molecule has 0 heterocycles. The smallest absolute Gasteiger partial charge is 0.240 e. The lowest BCUT2D eigenvalue weighted by Crippen LogP contribution is -2.25. The molecular formula is C16H24N2O2S. The second-order valence-corrected chi connectivity index (χ2v) is 8.18. The molecule has 0 bridgehead atoms. The Labute approximate surface area is 127 Å². The van der Waals surface area contributed by atoms with Gasteiger partial charge >= 0.3 is 0 Å². The van der Waals surface area contributed by atoms with Crippen molar-refractivity contribution in [2.45, 2.75) is 50.0 Å². The van der Waals surface area contributed by atoms with Gasteiger partial charge in [-0.05, 0) is 55.4 Å². The normalized spacial score (nSPS) is 26.0. The van der Waals surface area contributed by atoms with Crippen LogP contribution in [0.5, 0.6) is 0 Å². The molecular weight excluding hydrogens is 284 g/mol. The van der Waals surface area contributed by atoms with Crippen LogP contribution in [0.1, 0.15) is 39.0 Å². The monoisotopic (exact) mass is 308 g/mol. The van der Waals surface area contributed by atoms with E-state index in [-0.39, 0.29) is 6.04 Å². The molecule has 2 fully saturated rings. The molecule has 5 heteroatoms. The minimum absolute atomic E-state index is 0.150. The first-order valence-corrected chi connectivity index (χ1v) is 9.39. The van der Waals surface area contributed by atoms with E-state index in [0.29, 0.717) is 4.90 Å². The van der Waals surface area contributed by atoms with E-state index in [1.54, 1.807) is 12.1 Å². The average molecular weight is 308 g/mol. The van der Waals surface area contributed by atoms with Crippen LogP contribution >= 0.6 is 0 Å². The quantitative estimate of drug-likeness (QED) is 0.849. The van der Waals surface area contributed by atoms with Crippen molar-refractivity contribution < 1.29 is 8.42 Å². The Morgan fingerprint density at radius 3 is 2.38 bits per heavy atom. The fourth-order valence-electron chi connectivity index (χ4n) is 3.02. The second kappa shape index (κ2) is 5.97. The third-order valence-electron chi connectivity index (χ3n) is 4.67. The number of nitrogens with one attached hydrogen (secondary N) is 2. The van der Waals surface area contributed by atoms with E-state index >= 15 is 0 Å². The summed E-state index contributed by atoms with van der Waals surface area (Å²) in [4.78, 5) is 0.356. The van der Waals surface area contributed by atoms with Crippen LogP contribution in [0.4, 0.5) is 5.69 Å². The molecule has 2 aliphatic carbocycles. The van der Waals surface area contributed by atoms with Crippen molar-refractivity contribution in [2.24, 2.45) is 11.8 Å². The van der Waals surface area contributed by atoms with Gasteiger partial charge in [0.05, 0.1) is 4.90 Å². The Kier molecular flexibility index (Phi) is 4.22. The fraction of sp³-hybridized carbons (Fsp3) is 0.625. The van der Waals surface area contributed by atoms with E-state index < -0.39 is 10.0 Å². The molecule has 2 saturated carbocycles. The third kappa shape index (κ3) is 3.77. The second-order valence-electron chi connectivity index (χ2n) is 6.47. The summed E-state index contributed by atoms with van der Waals surface area (Å²) in [6, 6.07) is 7.25. The SMILES string of the molecule is CC1CCCC1CNc1ccc(S(=O)(=O)NC2CC2)cc1. The van der Waals surface area contributed by atoms with E-state index in [4.69, 9.17) is 0 Å². The lowest BCUT2D eigenvalue weighted by Gasteiger charge is -2.17. The lowest BCUT2D eigenvalue weighted by molar-refractivity contribution is 0.439. The van der Waals surface area contributed by atoms with Gasteiger partial charge < -0.3 is 5.32 Å². The van der Waals surface area contributed by atoms with E-state index in [0.717, 1.165) is 36.9 Å². The summed E-state index contributed by atoms with van der Waals surface area (Å²) in [5.41, 5.74) is 1.000. The Morgan fingerprint density at radius 2 is 1.81 bits per heavy atom. The summed E-state index contributed by atoms with van der Waals surface area (Å²) < 4.78 is 26.8. The molecule has 2 N–H and O–H groups in total. The largest absolute Gasteiger partial charge is 0.385 e. The Balaban J connectivity index is 1.58. The molecule has 1 aromatic rings. The summed E-state index contributed by atoms with van der Waals surface area (Å²) in [6.07, 6.45) is 5.87. The van der Waals surface area contributed by atoms with Crippen LogP contribution in [-0.4, -0.2) is 21.0 Å². The molecule has 0 spiro atoms. The van der Waals surface area contributed by atoms with Crippen LogP contribution in [0.2, 0.25) is 0 Å². The summed E-state index contributed by atoms with van der Waals surface area (Å²) >= 11 is 0. The highest BCUT2D eigenvalue weighted by molar-refractivity contribution is 7.89. The Hall–Kier alpha value is -1.07. The molecule has 2 unspecified atom stereocenters. The standard InChI is InChI=1S/C16H24N2O2S/c1-12-3-2-4-13(12)11-17-14-7-9-16(10-8-14)21(19,20)18-15-5-6-15/h7-10,12-13,15,17-18H,2-6,11H2,1H3. The highest BCUT2D eigenvalue weighted by Crippen LogP contribution is 2.31. The first kappa shape index (κ1) is 14.9. The van der Waals surface area contributed by atoms with E-state index in [2.05, 4.69) is 17.0 Å². The van der Waals surface area contributed by atoms with Gasteiger partial charge in [-0.15, -0.1) is 0 Å². The predicted octanol–water partition coefficient (Wildman–Crippen LogP) is 2.98. The van der Waals surface area contributed by atoms with E-state index in [1.807, 2.05) is 12.1 Å². The van der Waals surface area contributed by atoms with Gasteiger partial charge in [0.25, 0.3) is 0 Å². The van der Waals surface area contributed by atoms with Gasteiger partial charge in [-0.25, -0.2) is 13.1 Å². The molecule has 0 amide bonds. The van der Waals surface area contributed by atoms with Crippen molar-refractivity contribution >= 4 is 15.7 Å². The first-order chi connectivity index (χ1) is 10.0. The zero-order valence-corrected chi connectivity index (χ0v) is 13.3. The lowest BCUT2D eigenvalue weighted by atomic mass is 9.98. The van der Waals surface area contributed by atoms with E-state index in [1.165, 1.54) is 19.3 Å². The van der Waals surface area contributed by atoms with Gasteiger partial charge in [-0.1, -0.05) is 19.8 Å². The molecule has 0 aliphatic heterocycles. The zero-order chi connectivity index (χ0) is 14.9. The maximum absolute atomic E-state index is 12.1. The van der Waals surface area contributed by atoms with Crippen molar-refractivity contribution in [1.29, 1.82) is 0 Å². The number of hydrogen-bond acceptors (Lipinski definition) is 3. The number of benzene rings is 1. The van der Waals surface area contributed by atoms with Crippen LogP contribution in [0.15, 0.2) is 29.2 Å². The molecule has 0 radical (unpaired) electrons. The number of rotatable bonds is 6. The summed E-state index contributed by atoms with van der Waals surface area (Å²) in [5, 5.41) is 3.43. The molecule has 3 rings (SSSR count). The fourth-order valence-corrected chi connectivity index (χ4v) is 4.32. The number of sulfonamides is 1. The molecule has 21 heavy (non-hydrogen) atoms. The molecule has 1 aromatic carbocycles. The highest BCUT2D eigenvalue weighted by Gasteiger charge is 2.28. The highest BCUT2D eigenvalue weighted by atomic mass is 32.2. The summed E-state index contributed by atoms with van der Waals surface area (Å²) in [5.74, 6) is 1.53. The zero-order valence-electron chi connectivity index (χ0n) is 12.5. The van der Waals surface area contributed by atoms with E-state index in [9.17, 15) is 8.42 Å². The Bertz CT molecular complexity index is 579. The molecule has 2 aliphatic rings. The maximum atomic E-state index is 12.1. The van der Waals surface area contributed by atoms with Gasteiger partial charge in [0.2, 0.25) is 10.0 Å².